The van der Waals surface area contributed by atoms with E-state index in [0.717, 1.165) is 10.9 Å². The van der Waals surface area contributed by atoms with Crippen molar-refractivity contribution in [3.05, 3.63) is 35.3 Å². The summed E-state index contributed by atoms with van der Waals surface area (Å²) in [5.41, 5.74) is 1.78. The molecule has 3 rings (SSSR count). The van der Waals surface area contributed by atoms with Gasteiger partial charge in [-0.15, -0.1) is 0 Å². The smallest absolute Gasteiger partial charge is 0.270 e. The number of aryl methyl sites for hydroxylation is 1. The highest BCUT2D eigenvalue weighted by Gasteiger charge is 2.25. The van der Waals surface area contributed by atoms with Crippen molar-refractivity contribution in [1.29, 1.82) is 0 Å². The predicted octanol–water partition coefficient (Wildman–Crippen LogP) is 0.892. The molecule has 1 aliphatic heterocycles. The van der Waals surface area contributed by atoms with E-state index in [1.54, 1.807) is 17.9 Å². The maximum atomic E-state index is 13.4. The topological polar surface area (TPSA) is 76.6 Å². The van der Waals surface area contributed by atoms with Gasteiger partial charge >= 0.3 is 0 Å². The Balaban J connectivity index is 1.77. The van der Waals surface area contributed by atoms with Gasteiger partial charge in [0.2, 0.25) is 5.91 Å². The summed E-state index contributed by atoms with van der Waals surface area (Å²) in [6.07, 6.45) is 0. The van der Waals surface area contributed by atoms with Gasteiger partial charge in [-0.2, -0.15) is 0 Å². The minimum atomic E-state index is -0.513. The minimum Gasteiger partial charge on any atom is -0.387 e. The Morgan fingerprint density at radius 3 is 2.48 bits per heavy atom. The first kappa shape index (κ1) is 15.5. The number of aliphatic hydroxyl groups is 1. The second kappa shape index (κ2) is 6.00. The molecule has 6 nitrogen and oxygen atoms in total. The number of benzene rings is 1. The number of hydrogen-bond acceptors (Lipinski definition) is 3. The molecular formula is C16H18FN3O3. The molecule has 1 aromatic carbocycles. The number of amides is 2. The number of aromatic nitrogens is 1. The van der Waals surface area contributed by atoms with Crippen molar-refractivity contribution in [3.8, 4) is 0 Å². The number of halogens is 1. The first-order valence-corrected chi connectivity index (χ1v) is 7.46. The molecule has 0 aliphatic carbocycles. The third-order valence-corrected chi connectivity index (χ3v) is 4.19. The van der Waals surface area contributed by atoms with Crippen LogP contribution in [0.3, 0.4) is 0 Å². The zero-order valence-corrected chi connectivity index (χ0v) is 12.8. The van der Waals surface area contributed by atoms with E-state index < -0.39 is 6.61 Å². The van der Waals surface area contributed by atoms with Crippen LogP contribution in [-0.2, 0) is 4.79 Å². The lowest BCUT2D eigenvalue weighted by Gasteiger charge is -2.34. The van der Waals surface area contributed by atoms with Crippen LogP contribution >= 0.6 is 0 Å². The fourth-order valence-corrected chi connectivity index (χ4v) is 2.92. The number of fused-ring (bicyclic) bond motifs is 1. The standard InChI is InChI=1S/C16H18FN3O3/c1-10-6-11(17)7-13-12(10)8-14(18-13)16(23)20-4-2-19(3-5-20)15(22)9-21/h6-8,18,21H,2-5,9H2,1H3. The maximum Gasteiger partial charge on any atom is 0.270 e. The summed E-state index contributed by atoms with van der Waals surface area (Å²) in [4.78, 5) is 30.1. The monoisotopic (exact) mass is 319 g/mol. The molecule has 1 fully saturated rings. The average molecular weight is 319 g/mol. The van der Waals surface area contributed by atoms with Crippen molar-refractivity contribution in [3.63, 3.8) is 0 Å². The lowest BCUT2D eigenvalue weighted by Crippen LogP contribution is -2.51. The van der Waals surface area contributed by atoms with Crippen LogP contribution in [0, 0.1) is 12.7 Å². The van der Waals surface area contributed by atoms with E-state index in [4.69, 9.17) is 5.11 Å². The SMILES string of the molecule is Cc1cc(F)cc2[nH]c(C(=O)N3CCN(C(=O)CO)CC3)cc12. The molecule has 2 aromatic rings. The third kappa shape index (κ3) is 2.92. The fourth-order valence-electron chi connectivity index (χ4n) is 2.92. The number of aliphatic hydroxyl groups excluding tert-OH is 1. The van der Waals surface area contributed by atoms with E-state index in [9.17, 15) is 14.0 Å². The molecular weight excluding hydrogens is 301 g/mol. The summed E-state index contributed by atoms with van der Waals surface area (Å²) >= 11 is 0. The number of hydrogen-bond donors (Lipinski definition) is 2. The summed E-state index contributed by atoms with van der Waals surface area (Å²) in [5.74, 6) is -0.835. The maximum absolute atomic E-state index is 13.4. The largest absolute Gasteiger partial charge is 0.387 e. The highest BCUT2D eigenvalue weighted by atomic mass is 19.1. The Bertz CT molecular complexity index is 763. The normalized spacial score (nSPS) is 15.3. The van der Waals surface area contributed by atoms with E-state index in [1.807, 2.05) is 0 Å². The summed E-state index contributed by atoms with van der Waals surface area (Å²) in [5, 5.41) is 9.68. The van der Waals surface area contributed by atoms with E-state index in [-0.39, 0.29) is 17.6 Å². The van der Waals surface area contributed by atoms with Gasteiger partial charge in [-0.1, -0.05) is 0 Å². The first-order chi connectivity index (χ1) is 11.0. The van der Waals surface area contributed by atoms with Crippen molar-refractivity contribution in [2.45, 2.75) is 6.92 Å². The summed E-state index contributed by atoms with van der Waals surface area (Å²) in [6.45, 7) is 2.91. The number of H-pyrrole nitrogens is 1. The Morgan fingerprint density at radius 1 is 1.17 bits per heavy atom. The molecule has 0 spiro atoms. The molecule has 0 unspecified atom stereocenters. The van der Waals surface area contributed by atoms with Crippen LogP contribution in [0.15, 0.2) is 18.2 Å². The van der Waals surface area contributed by atoms with Crippen molar-refractivity contribution >= 4 is 22.7 Å². The molecule has 2 amide bonds. The van der Waals surface area contributed by atoms with Gasteiger partial charge in [0.1, 0.15) is 18.1 Å². The van der Waals surface area contributed by atoms with Gasteiger partial charge in [0.05, 0.1) is 0 Å². The molecule has 1 aliphatic rings. The number of rotatable bonds is 2. The molecule has 0 radical (unpaired) electrons. The lowest BCUT2D eigenvalue weighted by atomic mass is 10.1. The highest BCUT2D eigenvalue weighted by molar-refractivity contribution is 5.99. The molecule has 1 aromatic heterocycles. The Hall–Kier alpha value is -2.41. The lowest BCUT2D eigenvalue weighted by molar-refractivity contribution is -0.135. The molecule has 7 heteroatoms. The van der Waals surface area contributed by atoms with E-state index in [1.165, 1.54) is 17.0 Å². The van der Waals surface area contributed by atoms with Gasteiger partial charge in [-0.05, 0) is 30.7 Å². The van der Waals surface area contributed by atoms with Crippen LogP contribution in [0.25, 0.3) is 10.9 Å². The van der Waals surface area contributed by atoms with Gasteiger partial charge in [0.15, 0.2) is 0 Å². The van der Waals surface area contributed by atoms with Gasteiger partial charge in [0.25, 0.3) is 5.91 Å². The van der Waals surface area contributed by atoms with Crippen LogP contribution in [0.4, 0.5) is 4.39 Å². The zero-order valence-electron chi connectivity index (χ0n) is 12.8. The Labute approximate surface area is 132 Å². The summed E-state index contributed by atoms with van der Waals surface area (Å²) < 4.78 is 13.4. The Kier molecular flexibility index (Phi) is 4.04. The second-order valence-corrected chi connectivity index (χ2v) is 5.70. The number of carbonyl (C=O) groups is 2. The van der Waals surface area contributed by atoms with Crippen molar-refractivity contribution in [2.24, 2.45) is 0 Å². The number of carbonyl (C=O) groups excluding carboxylic acids is 2. The van der Waals surface area contributed by atoms with Crippen molar-refractivity contribution in [1.82, 2.24) is 14.8 Å². The quantitative estimate of drug-likeness (QED) is 0.863. The zero-order chi connectivity index (χ0) is 16.6. The van der Waals surface area contributed by atoms with Gasteiger partial charge in [-0.3, -0.25) is 9.59 Å². The molecule has 122 valence electrons. The minimum absolute atomic E-state index is 0.169. The van der Waals surface area contributed by atoms with E-state index in [2.05, 4.69) is 4.98 Å². The van der Waals surface area contributed by atoms with Crippen molar-refractivity contribution in [2.75, 3.05) is 32.8 Å². The molecule has 2 heterocycles. The molecule has 23 heavy (non-hydrogen) atoms. The van der Waals surface area contributed by atoms with Crippen LogP contribution in [0.2, 0.25) is 0 Å². The predicted molar refractivity (Wildman–Crippen MR) is 82.6 cm³/mol. The fraction of sp³-hybridized carbons (Fsp3) is 0.375. The van der Waals surface area contributed by atoms with Gasteiger partial charge < -0.3 is 19.9 Å². The number of nitrogens with zero attached hydrogens (tertiary/aromatic N) is 2. The first-order valence-electron chi connectivity index (χ1n) is 7.46. The molecule has 0 atom stereocenters. The van der Waals surface area contributed by atoms with Gasteiger partial charge in [-0.25, -0.2) is 4.39 Å². The highest BCUT2D eigenvalue weighted by Crippen LogP contribution is 2.22. The van der Waals surface area contributed by atoms with Gasteiger partial charge in [0, 0.05) is 37.1 Å². The molecule has 0 saturated carbocycles. The summed E-state index contributed by atoms with van der Waals surface area (Å²) in [6, 6.07) is 4.54. The van der Waals surface area contributed by atoms with E-state index >= 15 is 0 Å². The summed E-state index contributed by atoms with van der Waals surface area (Å²) in [7, 11) is 0. The van der Waals surface area contributed by atoms with Crippen LogP contribution in [-0.4, -0.2) is 64.5 Å². The molecule has 0 bridgehead atoms. The van der Waals surface area contributed by atoms with E-state index in [0.29, 0.717) is 37.4 Å². The number of piperazine rings is 1. The van der Waals surface area contributed by atoms with Crippen LogP contribution in [0.5, 0.6) is 0 Å². The molecule has 2 N–H and O–H groups in total. The molecule has 1 saturated heterocycles. The van der Waals surface area contributed by atoms with Crippen molar-refractivity contribution < 1.29 is 19.1 Å². The van der Waals surface area contributed by atoms with Crippen LogP contribution < -0.4 is 0 Å². The van der Waals surface area contributed by atoms with Crippen LogP contribution in [0.1, 0.15) is 16.1 Å². The number of aromatic amines is 1. The average Bonchev–Trinajstić information content (AvgIpc) is 2.98. The second-order valence-electron chi connectivity index (χ2n) is 5.70. The Morgan fingerprint density at radius 2 is 1.83 bits per heavy atom. The third-order valence-electron chi connectivity index (χ3n) is 4.19. The number of nitrogens with one attached hydrogen (secondary N) is 1.